The standard InChI is InChI=1S/C22H28N4O3/c1-28-20-7-3-2-5-16(20)8-9-21(27)24-18-6-4-11-26(14-18)22-23-13-17-15-29-12-10-19(17)25-22/h2-3,5,7,13,18H,4,6,8-12,14-15H2,1H3,(H,24,27). The molecule has 1 aromatic carbocycles. The molecule has 0 bridgehead atoms. The number of benzene rings is 1. The molecule has 2 aromatic rings. The van der Waals surface area contributed by atoms with Gasteiger partial charge in [-0.2, -0.15) is 0 Å². The lowest BCUT2D eigenvalue weighted by Gasteiger charge is -2.33. The van der Waals surface area contributed by atoms with Gasteiger partial charge in [0.15, 0.2) is 0 Å². The van der Waals surface area contributed by atoms with E-state index < -0.39 is 0 Å². The van der Waals surface area contributed by atoms with E-state index >= 15 is 0 Å². The van der Waals surface area contributed by atoms with Crippen molar-refractivity contribution < 1.29 is 14.3 Å². The normalized spacial score (nSPS) is 18.8. The number of ether oxygens (including phenoxy) is 2. The van der Waals surface area contributed by atoms with E-state index in [0.717, 1.165) is 60.9 Å². The number of nitrogens with zero attached hydrogens (tertiary/aromatic N) is 3. The van der Waals surface area contributed by atoms with Gasteiger partial charge in [-0.25, -0.2) is 9.97 Å². The van der Waals surface area contributed by atoms with E-state index in [0.29, 0.717) is 26.1 Å². The van der Waals surface area contributed by atoms with Gasteiger partial charge in [-0.3, -0.25) is 4.79 Å². The number of hydrogen-bond acceptors (Lipinski definition) is 6. The topological polar surface area (TPSA) is 76.6 Å². The third-order valence-corrected chi connectivity index (χ3v) is 5.57. The van der Waals surface area contributed by atoms with Gasteiger partial charge < -0.3 is 19.7 Å². The average Bonchev–Trinajstić information content (AvgIpc) is 2.77. The van der Waals surface area contributed by atoms with Gasteiger partial charge in [0, 0.05) is 43.7 Å². The number of carbonyl (C=O) groups is 1. The molecule has 154 valence electrons. The molecular formula is C22H28N4O3. The maximum atomic E-state index is 12.5. The summed E-state index contributed by atoms with van der Waals surface area (Å²) in [6.45, 7) is 2.98. The van der Waals surface area contributed by atoms with E-state index in [1.807, 2.05) is 30.5 Å². The van der Waals surface area contributed by atoms with Crippen molar-refractivity contribution in [3.63, 3.8) is 0 Å². The Balaban J connectivity index is 1.32. The van der Waals surface area contributed by atoms with Gasteiger partial charge in [-0.1, -0.05) is 18.2 Å². The second-order valence-electron chi connectivity index (χ2n) is 7.61. The number of piperidine rings is 1. The van der Waals surface area contributed by atoms with Crippen LogP contribution < -0.4 is 15.0 Å². The molecule has 1 fully saturated rings. The highest BCUT2D eigenvalue weighted by molar-refractivity contribution is 5.76. The number of para-hydroxylation sites is 1. The number of fused-ring (bicyclic) bond motifs is 1. The lowest BCUT2D eigenvalue weighted by Crippen LogP contribution is -2.48. The van der Waals surface area contributed by atoms with Crippen molar-refractivity contribution in [1.82, 2.24) is 15.3 Å². The van der Waals surface area contributed by atoms with Crippen molar-refractivity contribution in [2.75, 3.05) is 31.7 Å². The minimum atomic E-state index is 0.0752. The summed E-state index contributed by atoms with van der Waals surface area (Å²) < 4.78 is 10.8. The molecule has 7 heteroatoms. The van der Waals surface area contributed by atoms with Crippen LogP contribution in [0.1, 0.15) is 36.1 Å². The molecule has 1 atom stereocenters. The number of nitrogens with one attached hydrogen (secondary N) is 1. The predicted octanol–water partition coefficient (Wildman–Crippen LogP) is 2.28. The molecule has 7 nitrogen and oxygen atoms in total. The molecule has 1 saturated heterocycles. The third kappa shape index (κ3) is 4.85. The molecular weight excluding hydrogens is 368 g/mol. The minimum Gasteiger partial charge on any atom is -0.496 e. The number of carbonyl (C=O) groups excluding carboxylic acids is 1. The lowest BCUT2D eigenvalue weighted by atomic mass is 10.0. The summed E-state index contributed by atoms with van der Waals surface area (Å²) in [6.07, 6.45) is 5.83. The first-order valence-electron chi connectivity index (χ1n) is 10.3. The van der Waals surface area contributed by atoms with Gasteiger partial charge in [0.1, 0.15) is 5.75 Å². The summed E-state index contributed by atoms with van der Waals surface area (Å²) in [7, 11) is 1.66. The van der Waals surface area contributed by atoms with Crippen LogP contribution in [0.25, 0.3) is 0 Å². The van der Waals surface area contributed by atoms with Crippen LogP contribution in [0, 0.1) is 0 Å². The molecule has 1 aromatic heterocycles. The summed E-state index contributed by atoms with van der Waals surface area (Å²) in [5.74, 6) is 1.67. The number of aromatic nitrogens is 2. The Morgan fingerprint density at radius 3 is 3.17 bits per heavy atom. The Hall–Kier alpha value is -2.67. The Morgan fingerprint density at radius 2 is 2.28 bits per heavy atom. The SMILES string of the molecule is COc1ccccc1CCC(=O)NC1CCCN(c2ncc3c(n2)CCOC3)C1. The van der Waals surface area contributed by atoms with Crippen LogP contribution in [0.4, 0.5) is 5.95 Å². The van der Waals surface area contributed by atoms with Crippen LogP contribution in [0.15, 0.2) is 30.5 Å². The number of hydrogen-bond donors (Lipinski definition) is 1. The van der Waals surface area contributed by atoms with Gasteiger partial charge in [-0.05, 0) is 30.9 Å². The summed E-state index contributed by atoms with van der Waals surface area (Å²) in [5, 5.41) is 3.19. The molecule has 2 aliphatic heterocycles. The molecule has 1 N–H and O–H groups in total. The van der Waals surface area contributed by atoms with Crippen LogP contribution in [0.2, 0.25) is 0 Å². The van der Waals surface area contributed by atoms with Crippen LogP contribution in [0.3, 0.4) is 0 Å². The Morgan fingerprint density at radius 1 is 1.38 bits per heavy atom. The molecule has 0 saturated carbocycles. The van der Waals surface area contributed by atoms with E-state index in [9.17, 15) is 4.79 Å². The van der Waals surface area contributed by atoms with Gasteiger partial charge in [0.25, 0.3) is 0 Å². The van der Waals surface area contributed by atoms with Crippen molar-refractivity contribution in [3.8, 4) is 5.75 Å². The van der Waals surface area contributed by atoms with E-state index in [1.165, 1.54) is 0 Å². The number of rotatable bonds is 6. The lowest BCUT2D eigenvalue weighted by molar-refractivity contribution is -0.121. The smallest absolute Gasteiger partial charge is 0.225 e. The summed E-state index contributed by atoms with van der Waals surface area (Å²) in [4.78, 5) is 24.0. The zero-order valence-electron chi connectivity index (χ0n) is 16.9. The van der Waals surface area contributed by atoms with Crippen LogP contribution in [-0.4, -0.2) is 48.7 Å². The van der Waals surface area contributed by atoms with Crippen LogP contribution >= 0.6 is 0 Å². The van der Waals surface area contributed by atoms with Crippen molar-refractivity contribution in [3.05, 3.63) is 47.3 Å². The number of amides is 1. The summed E-state index contributed by atoms with van der Waals surface area (Å²) in [5.41, 5.74) is 3.23. The highest BCUT2D eigenvalue weighted by Crippen LogP contribution is 2.21. The van der Waals surface area contributed by atoms with E-state index in [4.69, 9.17) is 14.5 Å². The van der Waals surface area contributed by atoms with Gasteiger partial charge in [0.2, 0.25) is 11.9 Å². The Bertz CT molecular complexity index is 858. The number of methoxy groups -OCH3 is 1. The van der Waals surface area contributed by atoms with Crippen LogP contribution in [0.5, 0.6) is 5.75 Å². The van der Waals surface area contributed by atoms with Gasteiger partial charge >= 0.3 is 0 Å². The van der Waals surface area contributed by atoms with E-state index in [2.05, 4.69) is 15.2 Å². The van der Waals surface area contributed by atoms with Gasteiger partial charge in [-0.15, -0.1) is 0 Å². The molecule has 0 spiro atoms. The monoisotopic (exact) mass is 396 g/mol. The van der Waals surface area contributed by atoms with Crippen molar-refractivity contribution in [2.24, 2.45) is 0 Å². The molecule has 3 heterocycles. The highest BCUT2D eigenvalue weighted by Gasteiger charge is 2.24. The Kier molecular flexibility index (Phi) is 6.24. The third-order valence-electron chi connectivity index (χ3n) is 5.57. The maximum absolute atomic E-state index is 12.5. The Labute approximate surface area is 171 Å². The second kappa shape index (κ2) is 9.22. The van der Waals surface area contributed by atoms with Gasteiger partial charge in [0.05, 0.1) is 26.0 Å². The molecule has 1 amide bonds. The van der Waals surface area contributed by atoms with Crippen molar-refractivity contribution in [2.45, 2.75) is 44.8 Å². The quantitative estimate of drug-likeness (QED) is 0.807. The zero-order valence-corrected chi connectivity index (χ0v) is 16.9. The molecule has 4 rings (SSSR count). The van der Waals surface area contributed by atoms with Crippen molar-refractivity contribution >= 4 is 11.9 Å². The zero-order chi connectivity index (χ0) is 20.1. The molecule has 29 heavy (non-hydrogen) atoms. The fourth-order valence-electron chi connectivity index (χ4n) is 4.01. The molecule has 0 aliphatic carbocycles. The summed E-state index contributed by atoms with van der Waals surface area (Å²) in [6, 6.07) is 7.97. The number of aryl methyl sites for hydroxylation is 1. The molecule has 0 radical (unpaired) electrons. The van der Waals surface area contributed by atoms with Crippen LogP contribution in [-0.2, 0) is 29.0 Å². The highest BCUT2D eigenvalue weighted by atomic mass is 16.5. The summed E-state index contributed by atoms with van der Waals surface area (Å²) >= 11 is 0. The largest absolute Gasteiger partial charge is 0.496 e. The molecule has 1 unspecified atom stereocenters. The van der Waals surface area contributed by atoms with E-state index in [1.54, 1.807) is 7.11 Å². The first kappa shape index (κ1) is 19.6. The van der Waals surface area contributed by atoms with Crippen molar-refractivity contribution in [1.29, 1.82) is 0 Å². The predicted molar refractivity (Wildman–Crippen MR) is 110 cm³/mol. The van der Waals surface area contributed by atoms with E-state index in [-0.39, 0.29) is 11.9 Å². The molecule has 2 aliphatic rings. The fraction of sp³-hybridized carbons (Fsp3) is 0.500. The maximum Gasteiger partial charge on any atom is 0.225 e. The fourth-order valence-corrected chi connectivity index (χ4v) is 4.01. The minimum absolute atomic E-state index is 0.0752. The average molecular weight is 396 g/mol. The second-order valence-corrected chi connectivity index (χ2v) is 7.61. The first-order chi connectivity index (χ1) is 14.2. The first-order valence-corrected chi connectivity index (χ1v) is 10.3. The number of anilines is 1.